The van der Waals surface area contributed by atoms with E-state index in [2.05, 4.69) is 37.4 Å². The third-order valence-corrected chi connectivity index (χ3v) is 14.4. The molecule has 2 heterocycles. The van der Waals surface area contributed by atoms with E-state index in [1.807, 2.05) is 70.6 Å². The first-order chi connectivity index (χ1) is 16.6. The fraction of sp³-hybridized carbons (Fsp3) is 0.500. The minimum Gasteiger partial charge on any atom is -0.461 e. The van der Waals surface area contributed by atoms with Crippen LogP contribution in [0.4, 0.5) is 0 Å². The third kappa shape index (κ3) is 10.4. The maximum atomic E-state index is 11.2. The summed E-state index contributed by atoms with van der Waals surface area (Å²) in [6.45, 7) is 7.83. The second-order valence-electron chi connectivity index (χ2n) is 7.56. The first-order valence-electron chi connectivity index (χ1n) is 10.9. The van der Waals surface area contributed by atoms with Gasteiger partial charge >= 0.3 is 11.9 Å². The molecule has 2 saturated heterocycles. The third-order valence-electron chi connectivity index (χ3n) is 4.85. The van der Waals surface area contributed by atoms with Crippen LogP contribution in [0.25, 0.3) is 0 Å². The van der Waals surface area contributed by atoms with Crippen LogP contribution in [0.3, 0.4) is 0 Å². The molecule has 1 aromatic carbocycles. The molecule has 0 aliphatic carbocycles. The van der Waals surface area contributed by atoms with E-state index in [1.165, 1.54) is 23.3 Å². The predicted molar refractivity (Wildman–Crippen MR) is 156 cm³/mol. The van der Waals surface area contributed by atoms with Crippen molar-refractivity contribution in [1.82, 2.24) is 0 Å². The fourth-order valence-corrected chi connectivity index (χ4v) is 12.5. The van der Waals surface area contributed by atoms with Crippen LogP contribution in [0.1, 0.15) is 11.1 Å². The van der Waals surface area contributed by atoms with E-state index < -0.39 is 0 Å². The minimum atomic E-state index is -0.334. The Hall–Kier alpha value is -0.260. The molecule has 3 rings (SSSR count). The Bertz CT molecular complexity index is 751. The van der Waals surface area contributed by atoms with E-state index in [1.54, 1.807) is 0 Å². The fourth-order valence-electron chi connectivity index (χ4n) is 3.11. The van der Waals surface area contributed by atoms with Crippen LogP contribution in [-0.2, 0) is 30.6 Å². The second-order valence-corrected chi connectivity index (χ2v) is 15.7. The number of hydrogen-bond donors (Lipinski definition) is 0. The van der Waals surface area contributed by atoms with Crippen molar-refractivity contribution in [2.24, 2.45) is 0 Å². The van der Waals surface area contributed by atoms with Gasteiger partial charge in [-0.15, -0.1) is 47.0 Å². The molecule has 34 heavy (non-hydrogen) atoms. The van der Waals surface area contributed by atoms with Crippen molar-refractivity contribution in [2.75, 3.05) is 36.2 Å². The van der Waals surface area contributed by atoms with Crippen LogP contribution in [0, 0.1) is 0 Å². The van der Waals surface area contributed by atoms with E-state index in [9.17, 15) is 9.59 Å². The maximum Gasteiger partial charge on any atom is 0.330 e. The van der Waals surface area contributed by atoms with Gasteiger partial charge in [-0.25, -0.2) is 9.59 Å². The number of ether oxygens (including phenoxy) is 2. The van der Waals surface area contributed by atoms with Crippen molar-refractivity contribution in [2.45, 2.75) is 31.2 Å². The summed E-state index contributed by atoms with van der Waals surface area (Å²) in [7, 11) is 0. The molecule has 2 fully saturated rings. The van der Waals surface area contributed by atoms with E-state index in [0.717, 1.165) is 34.5 Å². The molecule has 4 unspecified atom stereocenters. The monoisotopic (exact) mass is 574 g/mol. The molecular weight excluding hydrogens is 545 g/mol. The van der Waals surface area contributed by atoms with Crippen molar-refractivity contribution >= 4 is 82.5 Å². The molecular formula is C24H30O4S6. The standard InChI is InChI=1S/C24H30O4S6/c1-3-21(25)27-9-19-13-31-23(33-19)15-29-11-17-5-7-18(8-6-17)12-30-16-24-32-14-20(34-24)10-28-22(26)4-2/h3-8,19-20,23-24H,1-2,9-16H2. The molecule has 0 saturated carbocycles. The van der Waals surface area contributed by atoms with Crippen LogP contribution in [0.5, 0.6) is 0 Å². The number of carbonyl (C=O) groups is 2. The molecule has 4 atom stereocenters. The molecule has 186 valence electrons. The molecule has 10 heteroatoms. The molecule has 2 aliphatic heterocycles. The molecule has 0 bridgehead atoms. The molecule has 2 aliphatic rings. The molecule has 0 aromatic heterocycles. The van der Waals surface area contributed by atoms with Gasteiger partial charge in [0.15, 0.2) is 0 Å². The molecule has 0 radical (unpaired) electrons. The number of hydrogen-bond acceptors (Lipinski definition) is 10. The van der Waals surface area contributed by atoms with E-state index >= 15 is 0 Å². The lowest BCUT2D eigenvalue weighted by Gasteiger charge is -2.11. The van der Waals surface area contributed by atoms with Gasteiger partial charge in [-0.05, 0) is 11.1 Å². The zero-order chi connectivity index (χ0) is 24.2. The zero-order valence-corrected chi connectivity index (χ0v) is 23.8. The molecule has 1 aromatic rings. The van der Waals surface area contributed by atoms with Crippen LogP contribution >= 0.6 is 70.6 Å². The van der Waals surface area contributed by atoms with Gasteiger partial charge in [0.25, 0.3) is 0 Å². The summed E-state index contributed by atoms with van der Waals surface area (Å²) in [5, 5.41) is 0.774. The van der Waals surface area contributed by atoms with Gasteiger partial charge in [0.1, 0.15) is 13.2 Å². The highest BCUT2D eigenvalue weighted by molar-refractivity contribution is 8.22. The molecule has 0 amide bonds. The average Bonchev–Trinajstić information content (AvgIpc) is 3.51. The average molecular weight is 575 g/mol. The number of carbonyl (C=O) groups excluding carboxylic acids is 2. The Morgan fingerprint density at radius 3 is 1.62 bits per heavy atom. The van der Waals surface area contributed by atoms with E-state index in [-0.39, 0.29) is 11.9 Å². The van der Waals surface area contributed by atoms with E-state index in [0.29, 0.717) is 32.9 Å². The van der Waals surface area contributed by atoms with Crippen molar-refractivity contribution in [3.63, 3.8) is 0 Å². The lowest BCUT2D eigenvalue weighted by atomic mass is 10.2. The summed E-state index contributed by atoms with van der Waals surface area (Å²) >= 11 is 11.7. The number of thioether (sulfide) groups is 6. The summed E-state index contributed by atoms with van der Waals surface area (Å²) in [6.07, 6.45) is 2.45. The van der Waals surface area contributed by atoms with Crippen LogP contribution in [-0.4, -0.2) is 67.8 Å². The van der Waals surface area contributed by atoms with Crippen molar-refractivity contribution < 1.29 is 19.1 Å². The Labute approximate surface area is 228 Å². The smallest absolute Gasteiger partial charge is 0.330 e. The van der Waals surface area contributed by atoms with Gasteiger partial charge in [-0.3, -0.25) is 0 Å². The lowest BCUT2D eigenvalue weighted by molar-refractivity contribution is -0.138. The van der Waals surface area contributed by atoms with Crippen LogP contribution in [0.2, 0.25) is 0 Å². The SMILES string of the molecule is C=CC(=O)OCC1CSC(CSCc2ccc(CSCC3SCC(COC(=O)C=C)S3)cc2)S1. The maximum absolute atomic E-state index is 11.2. The Kier molecular flexibility index (Phi) is 13.1. The summed E-state index contributed by atoms with van der Waals surface area (Å²) in [6, 6.07) is 8.99. The first-order valence-corrected chi connectivity index (χ1v) is 17.2. The second kappa shape index (κ2) is 15.8. The number of esters is 2. The highest BCUT2D eigenvalue weighted by Crippen LogP contribution is 2.41. The largest absolute Gasteiger partial charge is 0.461 e. The summed E-state index contributed by atoms with van der Waals surface area (Å²) < 4.78 is 11.5. The lowest BCUT2D eigenvalue weighted by Crippen LogP contribution is -2.14. The summed E-state index contributed by atoms with van der Waals surface area (Å²) in [5.41, 5.74) is 2.73. The molecule has 0 N–H and O–H groups in total. The van der Waals surface area contributed by atoms with Crippen molar-refractivity contribution in [3.8, 4) is 0 Å². The van der Waals surface area contributed by atoms with Gasteiger partial charge in [-0.2, -0.15) is 23.5 Å². The summed E-state index contributed by atoms with van der Waals surface area (Å²) in [5.74, 6) is 5.65. The molecule has 0 spiro atoms. The minimum absolute atomic E-state index is 0.334. The van der Waals surface area contributed by atoms with Gasteiger partial charge < -0.3 is 9.47 Å². The molecule has 4 nitrogen and oxygen atoms in total. The number of rotatable bonds is 14. The Balaban J connectivity index is 1.25. The topological polar surface area (TPSA) is 52.6 Å². The van der Waals surface area contributed by atoms with Gasteiger partial charge in [0.05, 0.1) is 9.16 Å². The van der Waals surface area contributed by atoms with Gasteiger partial charge in [0.2, 0.25) is 0 Å². The Morgan fingerprint density at radius 1 is 0.824 bits per heavy atom. The van der Waals surface area contributed by atoms with Crippen LogP contribution < -0.4 is 0 Å². The van der Waals surface area contributed by atoms with Crippen molar-refractivity contribution in [3.05, 3.63) is 60.7 Å². The van der Waals surface area contributed by atoms with Gasteiger partial charge in [-0.1, -0.05) is 37.4 Å². The highest BCUT2D eigenvalue weighted by atomic mass is 32.2. The first kappa shape index (κ1) is 28.3. The predicted octanol–water partition coefficient (Wildman–Crippen LogP) is 5.96. The quantitative estimate of drug-likeness (QED) is 0.196. The van der Waals surface area contributed by atoms with Crippen molar-refractivity contribution in [1.29, 1.82) is 0 Å². The summed E-state index contributed by atoms with van der Waals surface area (Å²) in [4.78, 5) is 22.4. The Morgan fingerprint density at radius 2 is 1.24 bits per heavy atom. The number of benzene rings is 1. The normalized spacial score (nSPS) is 24.0. The van der Waals surface area contributed by atoms with Crippen LogP contribution in [0.15, 0.2) is 49.6 Å². The highest BCUT2D eigenvalue weighted by Gasteiger charge is 2.27. The van der Waals surface area contributed by atoms with Gasteiger partial charge in [0, 0.05) is 57.2 Å². The van der Waals surface area contributed by atoms with E-state index in [4.69, 9.17) is 9.47 Å². The zero-order valence-electron chi connectivity index (χ0n) is 18.9.